The van der Waals surface area contributed by atoms with Crippen molar-refractivity contribution in [2.75, 3.05) is 7.11 Å². The molecule has 0 heterocycles. The third-order valence-electron chi connectivity index (χ3n) is 11.3. The molecule has 5 nitrogen and oxygen atoms in total. The summed E-state index contributed by atoms with van der Waals surface area (Å²) in [5.74, 6) is 1.96. The van der Waals surface area contributed by atoms with E-state index in [-0.39, 0.29) is 46.9 Å². The molecule has 12 unspecified atom stereocenters. The first-order chi connectivity index (χ1) is 15.1. The zero-order valence-electron chi connectivity index (χ0n) is 20.8. The molecule has 0 spiro atoms. The lowest BCUT2D eigenvalue weighted by Crippen LogP contribution is -2.65. The Bertz CT molecular complexity index is 696. The van der Waals surface area contributed by atoms with Crippen molar-refractivity contribution in [3.05, 3.63) is 0 Å². The predicted molar refractivity (Wildman–Crippen MR) is 124 cm³/mol. The summed E-state index contributed by atoms with van der Waals surface area (Å²) in [6.07, 6.45) is 6.69. The predicted octanol–water partition coefficient (Wildman–Crippen LogP) is 4.17. The first-order valence-corrected chi connectivity index (χ1v) is 13.2. The van der Waals surface area contributed by atoms with Crippen LogP contribution in [0.4, 0.5) is 0 Å². The van der Waals surface area contributed by atoms with Gasteiger partial charge in [-0.1, -0.05) is 34.1 Å². The number of hydrogen-bond donors (Lipinski definition) is 3. The molecular weight excluding hydrogens is 404 g/mol. The molecule has 4 saturated carbocycles. The number of esters is 1. The first kappa shape index (κ1) is 24.5. The quantitative estimate of drug-likeness (QED) is 0.547. The van der Waals surface area contributed by atoms with Crippen LogP contribution in [0.25, 0.3) is 0 Å². The van der Waals surface area contributed by atoms with Crippen molar-refractivity contribution in [3.63, 3.8) is 0 Å². The van der Waals surface area contributed by atoms with Gasteiger partial charge in [0, 0.05) is 6.42 Å². The van der Waals surface area contributed by atoms with E-state index >= 15 is 0 Å². The van der Waals surface area contributed by atoms with Crippen molar-refractivity contribution in [2.45, 2.75) is 104 Å². The molecule has 12 atom stereocenters. The summed E-state index contributed by atoms with van der Waals surface area (Å²) in [4.78, 5) is 11.7. The van der Waals surface area contributed by atoms with Crippen LogP contribution in [0.3, 0.4) is 0 Å². The number of aliphatic hydroxyl groups excluding tert-OH is 3. The molecule has 0 aromatic carbocycles. The molecule has 3 N–H and O–H groups in total. The van der Waals surface area contributed by atoms with Gasteiger partial charge >= 0.3 is 5.97 Å². The lowest BCUT2D eigenvalue weighted by molar-refractivity contribution is -0.228. The largest absolute Gasteiger partial charge is 0.469 e. The van der Waals surface area contributed by atoms with E-state index in [2.05, 4.69) is 27.7 Å². The van der Waals surface area contributed by atoms with E-state index in [0.717, 1.165) is 51.4 Å². The average molecular weight is 451 g/mol. The maximum Gasteiger partial charge on any atom is 0.305 e. The summed E-state index contributed by atoms with van der Waals surface area (Å²) in [7, 11) is 1.44. The molecule has 184 valence electrons. The molecule has 0 amide bonds. The standard InChI is InChI=1S/C27H46O5/c1-6-17-20-13-16(28)11-12-26(20,3)21-14-22(29)27(4)18(15(2)7-10-23(30)32-5)8-9-19(27)24(21)25(17)31/h15-22,24-25,28-29,31H,6-14H2,1-5H3. The van der Waals surface area contributed by atoms with E-state index in [1.54, 1.807) is 0 Å². The molecule has 4 rings (SSSR count). The van der Waals surface area contributed by atoms with Crippen LogP contribution in [0.15, 0.2) is 0 Å². The van der Waals surface area contributed by atoms with Crippen LogP contribution in [0.5, 0.6) is 0 Å². The van der Waals surface area contributed by atoms with Crippen LogP contribution in [-0.2, 0) is 9.53 Å². The van der Waals surface area contributed by atoms with Gasteiger partial charge in [0.25, 0.3) is 0 Å². The highest BCUT2D eigenvalue weighted by Gasteiger charge is 2.67. The molecule has 0 aromatic heterocycles. The Morgan fingerprint density at radius 2 is 1.78 bits per heavy atom. The molecule has 0 bridgehead atoms. The second-order valence-corrected chi connectivity index (χ2v) is 12.3. The Hall–Kier alpha value is -0.650. The number of carbonyl (C=O) groups is 1. The third kappa shape index (κ3) is 3.56. The van der Waals surface area contributed by atoms with Gasteiger partial charge in [0.2, 0.25) is 0 Å². The van der Waals surface area contributed by atoms with Gasteiger partial charge < -0.3 is 20.1 Å². The van der Waals surface area contributed by atoms with E-state index in [1.807, 2.05) is 0 Å². The van der Waals surface area contributed by atoms with Crippen molar-refractivity contribution in [2.24, 2.45) is 52.3 Å². The van der Waals surface area contributed by atoms with Crippen LogP contribution in [0.1, 0.15) is 85.5 Å². The highest BCUT2D eigenvalue weighted by atomic mass is 16.5. The van der Waals surface area contributed by atoms with Crippen LogP contribution in [0, 0.1) is 52.3 Å². The van der Waals surface area contributed by atoms with Crippen molar-refractivity contribution in [1.29, 1.82) is 0 Å². The summed E-state index contributed by atoms with van der Waals surface area (Å²) in [6, 6.07) is 0. The lowest BCUT2D eigenvalue weighted by atomic mass is 9.41. The molecule has 4 aliphatic carbocycles. The molecule has 32 heavy (non-hydrogen) atoms. The number of methoxy groups -OCH3 is 1. The number of carbonyl (C=O) groups excluding carboxylic acids is 1. The minimum Gasteiger partial charge on any atom is -0.469 e. The van der Waals surface area contributed by atoms with Gasteiger partial charge in [-0.05, 0) is 97.2 Å². The Labute approximate surface area is 194 Å². The monoisotopic (exact) mass is 450 g/mol. The molecule has 0 saturated heterocycles. The third-order valence-corrected chi connectivity index (χ3v) is 11.3. The smallest absolute Gasteiger partial charge is 0.305 e. The van der Waals surface area contributed by atoms with Crippen LogP contribution in [0.2, 0.25) is 0 Å². The van der Waals surface area contributed by atoms with Crippen molar-refractivity contribution in [3.8, 4) is 0 Å². The van der Waals surface area contributed by atoms with E-state index in [9.17, 15) is 20.1 Å². The van der Waals surface area contributed by atoms with Gasteiger partial charge in [-0.3, -0.25) is 4.79 Å². The Kier molecular flexibility index (Phi) is 6.77. The second-order valence-electron chi connectivity index (χ2n) is 12.3. The summed E-state index contributed by atoms with van der Waals surface area (Å²) in [5, 5.41) is 33.9. The molecule has 0 aliphatic heterocycles. The van der Waals surface area contributed by atoms with Crippen molar-refractivity contribution < 1.29 is 24.9 Å². The van der Waals surface area contributed by atoms with Gasteiger partial charge in [0.05, 0.1) is 25.4 Å². The molecule has 4 aliphatic rings. The molecular formula is C27H46O5. The lowest BCUT2D eigenvalue weighted by Gasteiger charge is -2.65. The molecule has 0 radical (unpaired) electrons. The minimum absolute atomic E-state index is 0.0840. The van der Waals surface area contributed by atoms with E-state index in [0.29, 0.717) is 36.0 Å². The maximum absolute atomic E-state index is 11.8. The van der Waals surface area contributed by atoms with Crippen LogP contribution >= 0.6 is 0 Å². The SMILES string of the molecule is CCC1C(O)C2C(CC(O)C3(C)C(C(C)CCC(=O)OC)CCC23)C2(C)CCC(O)CC12. The number of rotatable bonds is 5. The topological polar surface area (TPSA) is 87.0 Å². The fourth-order valence-electron chi connectivity index (χ4n) is 9.54. The Balaban J connectivity index is 1.63. The Morgan fingerprint density at radius 1 is 1.06 bits per heavy atom. The van der Waals surface area contributed by atoms with Gasteiger partial charge in [-0.2, -0.15) is 0 Å². The van der Waals surface area contributed by atoms with E-state index < -0.39 is 0 Å². The Morgan fingerprint density at radius 3 is 2.44 bits per heavy atom. The van der Waals surface area contributed by atoms with Gasteiger partial charge in [-0.15, -0.1) is 0 Å². The summed E-state index contributed by atoms with van der Waals surface area (Å²) >= 11 is 0. The van der Waals surface area contributed by atoms with E-state index in [1.165, 1.54) is 7.11 Å². The van der Waals surface area contributed by atoms with Crippen LogP contribution in [-0.4, -0.2) is 46.7 Å². The van der Waals surface area contributed by atoms with Gasteiger partial charge in [0.1, 0.15) is 0 Å². The number of ether oxygens (including phenoxy) is 1. The summed E-state index contributed by atoms with van der Waals surface area (Å²) in [5.41, 5.74) is -0.131. The molecule has 0 aromatic rings. The number of hydrogen-bond acceptors (Lipinski definition) is 5. The van der Waals surface area contributed by atoms with E-state index in [4.69, 9.17) is 4.74 Å². The first-order valence-electron chi connectivity index (χ1n) is 13.2. The van der Waals surface area contributed by atoms with Gasteiger partial charge in [-0.25, -0.2) is 0 Å². The number of aliphatic hydroxyl groups is 3. The zero-order chi connectivity index (χ0) is 23.4. The minimum atomic E-state index is -0.378. The highest BCUT2D eigenvalue weighted by molar-refractivity contribution is 5.69. The second kappa shape index (κ2) is 8.85. The molecule has 5 heteroatoms. The summed E-state index contributed by atoms with van der Waals surface area (Å²) < 4.78 is 4.85. The highest BCUT2D eigenvalue weighted by Crippen LogP contribution is 2.69. The normalized spacial score (nSPS) is 51.3. The summed E-state index contributed by atoms with van der Waals surface area (Å²) in [6.45, 7) is 9.10. The fraction of sp³-hybridized carbons (Fsp3) is 0.963. The van der Waals surface area contributed by atoms with Crippen molar-refractivity contribution in [1.82, 2.24) is 0 Å². The van der Waals surface area contributed by atoms with Crippen molar-refractivity contribution >= 4 is 5.97 Å². The fourth-order valence-corrected chi connectivity index (χ4v) is 9.54. The average Bonchev–Trinajstić information content (AvgIpc) is 3.12. The molecule has 4 fully saturated rings. The number of fused-ring (bicyclic) bond motifs is 5. The van der Waals surface area contributed by atoms with Crippen LogP contribution < -0.4 is 0 Å². The van der Waals surface area contributed by atoms with Gasteiger partial charge in [0.15, 0.2) is 0 Å². The zero-order valence-corrected chi connectivity index (χ0v) is 20.8. The maximum atomic E-state index is 11.8.